The van der Waals surface area contributed by atoms with Crippen LogP contribution in [0.3, 0.4) is 0 Å². The molecule has 6 heteroatoms. The van der Waals surface area contributed by atoms with Crippen LogP contribution in [-0.2, 0) is 11.2 Å². The Morgan fingerprint density at radius 2 is 2.04 bits per heavy atom. The van der Waals surface area contributed by atoms with Crippen LogP contribution in [0.15, 0.2) is 57.7 Å². The minimum Gasteiger partial charge on any atom is -0.423 e. The number of hydrogen-bond acceptors (Lipinski definition) is 4. The van der Waals surface area contributed by atoms with Crippen LogP contribution in [0, 0.1) is 6.92 Å². The maximum Gasteiger partial charge on any atom is 0.336 e. The van der Waals surface area contributed by atoms with Crippen LogP contribution in [0.25, 0.3) is 22.0 Å². The number of nitrogens with one attached hydrogen (secondary N) is 2. The standard InChI is InChI=1S/C19H15N3O3/c1-11-6-7-16-13(8-11)12(10-18(24)25-16)9-17(23)22-19-20-14-4-2-3-5-15(14)21-19/h2-8,10H,9H2,1H3,(H2,20,21,22,23). The maximum atomic E-state index is 12.4. The van der Waals surface area contributed by atoms with E-state index < -0.39 is 5.63 Å². The molecular weight excluding hydrogens is 318 g/mol. The SMILES string of the molecule is Cc1ccc2oc(=O)cc(CC(=O)Nc3nc4ccccc4[nH]3)c2c1. The Balaban J connectivity index is 1.63. The van der Waals surface area contributed by atoms with Gasteiger partial charge in [-0.25, -0.2) is 9.78 Å². The number of aryl methyl sites for hydroxylation is 1. The lowest BCUT2D eigenvalue weighted by Crippen LogP contribution is -2.16. The second-order valence-corrected chi connectivity index (χ2v) is 5.92. The Bertz CT molecular complexity index is 1120. The number of carbonyl (C=O) groups excluding carboxylic acids is 1. The Hall–Kier alpha value is -3.41. The van der Waals surface area contributed by atoms with Gasteiger partial charge in [-0.05, 0) is 36.8 Å². The van der Waals surface area contributed by atoms with Gasteiger partial charge in [-0.15, -0.1) is 0 Å². The molecule has 0 aliphatic rings. The van der Waals surface area contributed by atoms with E-state index >= 15 is 0 Å². The van der Waals surface area contributed by atoms with E-state index in [2.05, 4.69) is 15.3 Å². The molecule has 0 radical (unpaired) electrons. The molecule has 0 atom stereocenters. The van der Waals surface area contributed by atoms with E-state index in [0.717, 1.165) is 22.0 Å². The molecule has 2 aromatic carbocycles. The average molecular weight is 333 g/mol. The van der Waals surface area contributed by atoms with Crippen LogP contribution < -0.4 is 10.9 Å². The number of nitrogens with zero attached hydrogens (tertiary/aromatic N) is 1. The molecule has 0 spiro atoms. The second kappa shape index (κ2) is 5.90. The molecule has 1 amide bonds. The van der Waals surface area contributed by atoms with Gasteiger partial charge < -0.3 is 9.40 Å². The molecule has 0 aliphatic heterocycles. The van der Waals surface area contributed by atoms with Gasteiger partial charge >= 0.3 is 5.63 Å². The van der Waals surface area contributed by atoms with Crippen LogP contribution >= 0.6 is 0 Å². The number of aromatic amines is 1. The topological polar surface area (TPSA) is 88.0 Å². The van der Waals surface area contributed by atoms with Crippen molar-refractivity contribution in [2.45, 2.75) is 13.3 Å². The molecule has 4 aromatic rings. The monoisotopic (exact) mass is 333 g/mol. The lowest BCUT2D eigenvalue weighted by molar-refractivity contribution is -0.115. The molecule has 124 valence electrons. The zero-order valence-corrected chi connectivity index (χ0v) is 13.5. The average Bonchev–Trinajstić information content (AvgIpc) is 2.97. The molecule has 2 N–H and O–H groups in total. The number of H-pyrrole nitrogens is 1. The first kappa shape index (κ1) is 15.1. The largest absolute Gasteiger partial charge is 0.423 e. The van der Waals surface area contributed by atoms with E-state index in [1.807, 2.05) is 43.3 Å². The smallest absolute Gasteiger partial charge is 0.336 e. The van der Waals surface area contributed by atoms with Crippen molar-refractivity contribution < 1.29 is 9.21 Å². The summed E-state index contributed by atoms with van der Waals surface area (Å²) in [5.41, 5.74) is 3.29. The minimum absolute atomic E-state index is 0.0581. The highest BCUT2D eigenvalue weighted by Crippen LogP contribution is 2.20. The van der Waals surface area contributed by atoms with Gasteiger partial charge in [0.15, 0.2) is 0 Å². The van der Waals surface area contributed by atoms with Crippen molar-refractivity contribution in [3.05, 3.63) is 70.1 Å². The molecule has 0 aliphatic carbocycles. The van der Waals surface area contributed by atoms with E-state index in [9.17, 15) is 9.59 Å². The first-order valence-electron chi connectivity index (χ1n) is 7.86. The number of para-hydroxylation sites is 2. The zero-order valence-electron chi connectivity index (χ0n) is 13.5. The number of anilines is 1. The van der Waals surface area contributed by atoms with E-state index in [-0.39, 0.29) is 12.3 Å². The van der Waals surface area contributed by atoms with Gasteiger partial charge in [-0.3, -0.25) is 10.1 Å². The molecule has 2 aromatic heterocycles. The summed E-state index contributed by atoms with van der Waals surface area (Å²) in [6, 6.07) is 14.4. The Labute approximate surface area is 142 Å². The summed E-state index contributed by atoms with van der Waals surface area (Å²) in [5.74, 6) is 0.127. The third-order valence-electron chi connectivity index (χ3n) is 3.98. The van der Waals surface area contributed by atoms with Gasteiger partial charge in [0.05, 0.1) is 17.5 Å². The number of imidazole rings is 1. The van der Waals surface area contributed by atoms with Gasteiger partial charge in [-0.2, -0.15) is 0 Å². The first-order valence-corrected chi connectivity index (χ1v) is 7.86. The van der Waals surface area contributed by atoms with E-state index in [0.29, 0.717) is 17.1 Å². The van der Waals surface area contributed by atoms with Gasteiger partial charge in [0.25, 0.3) is 0 Å². The third-order valence-corrected chi connectivity index (χ3v) is 3.98. The lowest BCUT2D eigenvalue weighted by atomic mass is 10.0. The van der Waals surface area contributed by atoms with Gasteiger partial charge in [-0.1, -0.05) is 23.8 Å². The third kappa shape index (κ3) is 3.01. The van der Waals surface area contributed by atoms with Crippen molar-refractivity contribution >= 4 is 33.9 Å². The van der Waals surface area contributed by atoms with Crippen LogP contribution in [-0.4, -0.2) is 15.9 Å². The maximum absolute atomic E-state index is 12.4. The van der Waals surface area contributed by atoms with Crippen molar-refractivity contribution in [1.82, 2.24) is 9.97 Å². The molecular formula is C19H15N3O3. The summed E-state index contributed by atoms with van der Waals surface area (Å²) < 4.78 is 5.19. The highest BCUT2D eigenvalue weighted by Gasteiger charge is 2.12. The highest BCUT2D eigenvalue weighted by molar-refractivity contribution is 5.95. The molecule has 4 rings (SSSR count). The van der Waals surface area contributed by atoms with E-state index in [1.165, 1.54) is 6.07 Å². The summed E-state index contributed by atoms with van der Waals surface area (Å²) >= 11 is 0. The fourth-order valence-corrected chi connectivity index (χ4v) is 2.85. The van der Waals surface area contributed by atoms with Gasteiger partial charge in [0.1, 0.15) is 5.58 Å². The zero-order chi connectivity index (χ0) is 17.4. The molecule has 0 saturated heterocycles. The van der Waals surface area contributed by atoms with Crippen LogP contribution in [0.5, 0.6) is 0 Å². The predicted octanol–water partition coefficient (Wildman–Crippen LogP) is 3.16. The highest BCUT2D eigenvalue weighted by atomic mass is 16.4. The summed E-state index contributed by atoms with van der Waals surface area (Å²) in [4.78, 5) is 31.5. The Morgan fingerprint density at radius 1 is 1.20 bits per heavy atom. The number of rotatable bonds is 3. The summed E-state index contributed by atoms with van der Waals surface area (Å²) in [6.45, 7) is 1.95. The second-order valence-electron chi connectivity index (χ2n) is 5.92. The van der Waals surface area contributed by atoms with Crippen molar-refractivity contribution in [2.24, 2.45) is 0 Å². The van der Waals surface area contributed by atoms with E-state index in [4.69, 9.17) is 4.42 Å². The molecule has 2 heterocycles. The molecule has 0 fully saturated rings. The fourth-order valence-electron chi connectivity index (χ4n) is 2.85. The number of aromatic nitrogens is 2. The molecule has 0 bridgehead atoms. The summed E-state index contributed by atoms with van der Waals surface area (Å²) in [5, 5.41) is 3.50. The van der Waals surface area contributed by atoms with Crippen LogP contribution in [0.4, 0.5) is 5.95 Å². The number of benzene rings is 2. The molecule has 6 nitrogen and oxygen atoms in total. The number of hydrogen-bond donors (Lipinski definition) is 2. The lowest BCUT2D eigenvalue weighted by Gasteiger charge is -2.06. The summed E-state index contributed by atoms with van der Waals surface area (Å²) in [6.07, 6.45) is 0.0581. The number of fused-ring (bicyclic) bond motifs is 2. The minimum atomic E-state index is -0.470. The molecule has 25 heavy (non-hydrogen) atoms. The predicted molar refractivity (Wildman–Crippen MR) is 95.6 cm³/mol. The van der Waals surface area contributed by atoms with E-state index in [1.54, 1.807) is 6.07 Å². The number of amides is 1. The van der Waals surface area contributed by atoms with Crippen molar-refractivity contribution in [2.75, 3.05) is 5.32 Å². The Kier molecular flexibility index (Phi) is 3.57. The first-order chi connectivity index (χ1) is 12.1. The quantitative estimate of drug-likeness (QED) is 0.564. The van der Waals surface area contributed by atoms with Crippen molar-refractivity contribution in [3.63, 3.8) is 0 Å². The summed E-state index contributed by atoms with van der Waals surface area (Å²) in [7, 11) is 0. The van der Waals surface area contributed by atoms with Gasteiger partial charge in [0.2, 0.25) is 11.9 Å². The van der Waals surface area contributed by atoms with Crippen LogP contribution in [0.2, 0.25) is 0 Å². The van der Waals surface area contributed by atoms with Crippen molar-refractivity contribution in [3.8, 4) is 0 Å². The molecule has 0 unspecified atom stereocenters. The van der Waals surface area contributed by atoms with Crippen LogP contribution in [0.1, 0.15) is 11.1 Å². The Morgan fingerprint density at radius 3 is 2.88 bits per heavy atom. The number of carbonyl (C=O) groups is 1. The normalized spacial score (nSPS) is 11.1. The van der Waals surface area contributed by atoms with Crippen molar-refractivity contribution in [1.29, 1.82) is 0 Å². The molecule has 0 saturated carbocycles. The fraction of sp³-hybridized carbons (Fsp3) is 0.105. The van der Waals surface area contributed by atoms with Gasteiger partial charge in [0, 0.05) is 11.5 Å².